The number of carbonyl (C=O) groups is 1. The lowest BCUT2D eigenvalue weighted by molar-refractivity contribution is -0.116. The third kappa shape index (κ3) is 4.22. The van der Waals surface area contributed by atoms with E-state index in [1.807, 2.05) is 17.5 Å². The molecule has 0 aliphatic carbocycles. The molecule has 3 aromatic rings. The zero-order valence-corrected chi connectivity index (χ0v) is 14.0. The second kappa shape index (κ2) is 7.59. The number of thiophene rings is 1. The van der Waals surface area contributed by atoms with E-state index < -0.39 is 5.76 Å². The van der Waals surface area contributed by atoms with Crippen LogP contribution in [0.2, 0.25) is 0 Å². The summed E-state index contributed by atoms with van der Waals surface area (Å²) in [4.78, 5) is 24.6. The SMILES string of the molecule is N#CCc1ccc(NC(=O)CCn2nc(-c3cccs3)oc2=O)cc1. The number of hydrogen-bond acceptors (Lipinski definition) is 6. The fraction of sp³-hybridized carbons (Fsp3) is 0.176. The Morgan fingerprint density at radius 1 is 1.32 bits per heavy atom. The molecule has 0 spiro atoms. The Morgan fingerprint density at radius 3 is 2.80 bits per heavy atom. The molecule has 0 unspecified atom stereocenters. The van der Waals surface area contributed by atoms with Crippen molar-refractivity contribution in [3.05, 3.63) is 57.9 Å². The predicted octanol–water partition coefficient (Wildman–Crippen LogP) is 2.66. The van der Waals surface area contributed by atoms with Gasteiger partial charge in [-0.2, -0.15) is 9.94 Å². The molecule has 0 aliphatic rings. The lowest BCUT2D eigenvalue weighted by Crippen LogP contribution is -2.20. The minimum absolute atomic E-state index is 0.0935. The van der Waals surface area contributed by atoms with Crippen LogP contribution in [0.25, 0.3) is 10.8 Å². The van der Waals surface area contributed by atoms with Crippen molar-refractivity contribution in [1.29, 1.82) is 5.26 Å². The van der Waals surface area contributed by atoms with E-state index in [2.05, 4.69) is 16.5 Å². The van der Waals surface area contributed by atoms with Crippen LogP contribution in [0.3, 0.4) is 0 Å². The van der Waals surface area contributed by atoms with Crippen LogP contribution >= 0.6 is 11.3 Å². The molecule has 2 aromatic heterocycles. The van der Waals surface area contributed by atoms with Gasteiger partial charge in [0.1, 0.15) is 0 Å². The number of benzene rings is 1. The first-order valence-electron chi connectivity index (χ1n) is 7.53. The van der Waals surface area contributed by atoms with E-state index in [1.54, 1.807) is 24.3 Å². The van der Waals surface area contributed by atoms with Crippen LogP contribution < -0.4 is 11.1 Å². The monoisotopic (exact) mass is 354 g/mol. The molecular formula is C17H14N4O3S. The van der Waals surface area contributed by atoms with Gasteiger partial charge in [0.2, 0.25) is 5.91 Å². The topological polar surface area (TPSA) is 101 Å². The number of nitrogens with one attached hydrogen (secondary N) is 1. The van der Waals surface area contributed by atoms with Gasteiger partial charge in [0.05, 0.1) is 23.9 Å². The summed E-state index contributed by atoms with van der Waals surface area (Å²) in [6.07, 6.45) is 0.423. The number of rotatable bonds is 6. The van der Waals surface area contributed by atoms with Crippen LogP contribution in [0.4, 0.5) is 5.69 Å². The summed E-state index contributed by atoms with van der Waals surface area (Å²) >= 11 is 1.42. The van der Waals surface area contributed by atoms with Gasteiger partial charge < -0.3 is 9.73 Å². The summed E-state index contributed by atoms with van der Waals surface area (Å²) in [5.74, 6) is -0.564. The maximum absolute atomic E-state index is 12.0. The van der Waals surface area contributed by atoms with Gasteiger partial charge in [-0.3, -0.25) is 4.79 Å². The molecule has 0 radical (unpaired) electrons. The van der Waals surface area contributed by atoms with Crippen molar-refractivity contribution >= 4 is 22.9 Å². The lowest BCUT2D eigenvalue weighted by atomic mass is 10.1. The molecule has 1 aromatic carbocycles. The van der Waals surface area contributed by atoms with E-state index in [9.17, 15) is 9.59 Å². The fourth-order valence-corrected chi connectivity index (χ4v) is 2.82. The molecule has 8 heteroatoms. The molecule has 0 saturated carbocycles. The minimum Gasteiger partial charge on any atom is -0.387 e. The quantitative estimate of drug-likeness (QED) is 0.733. The largest absolute Gasteiger partial charge is 0.437 e. The smallest absolute Gasteiger partial charge is 0.387 e. The van der Waals surface area contributed by atoms with E-state index in [0.29, 0.717) is 12.1 Å². The Labute approximate surface area is 147 Å². The molecule has 126 valence electrons. The lowest BCUT2D eigenvalue weighted by Gasteiger charge is -2.05. The van der Waals surface area contributed by atoms with Gasteiger partial charge in [0.15, 0.2) is 0 Å². The van der Waals surface area contributed by atoms with E-state index in [-0.39, 0.29) is 24.8 Å². The van der Waals surface area contributed by atoms with Crippen molar-refractivity contribution in [1.82, 2.24) is 9.78 Å². The Morgan fingerprint density at radius 2 is 2.12 bits per heavy atom. The number of amides is 1. The first-order chi connectivity index (χ1) is 12.2. The van der Waals surface area contributed by atoms with E-state index in [0.717, 1.165) is 15.1 Å². The van der Waals surface area contributed by atoms with E-state index in [4.69, 9.17) is 9.68 Å². The summed E-state index contributed by atoms with van der Waals surface area (Å²) in [6.45, 7) is 0.131. The maximum atomic E-state index is 12.0. The molecule has 7 nitrogen and oxygen atoms in total. The number of nitriles is 1. The second-order valence-corrected chi connectivity index (χ2v) is 6.15. The molecule has 0 saturated heterocycles. The third-order valence-electron chi connectivity index (χ3n) is 3.41. The first kappa shape index (κ1) is 16.7. The van der Waals surface area contributed by atoms with Gasteiger partial charge in [-0.1, -0.05) is 18.2 Å². The average Bonchev–Trinajstić information content (AvgIpc) is 3.25. The number of carbonyl (C=O) groups excluding carboxylic acids is 1. The highest BCUT2D eigenvalue weighted by atomic mass is 32.1. The standard InChI is InChI=1S/C17H14N4O3S/c18-9-7-12-3-5-13(6-4-12)19-15(22)8-10-21-17(23)24-16(20-21)14-2-1-11-25-14/h1-6,11H,7-8,10H2,(H,19,22). The Bertz CT molecular complexity index is 949. The van der Waals surface area contributed by atoms with Gasteiger partial charge >= 0.3 is 5.76 Å². The highest BCUT2D eigenvalue weighted by molar-refractivity contribution is 7.13. The van der Waals surface area contributed by atoms with Gasteiger partial charge in [-0.05, 0) is 29.1 Å². The van der Waals surface area contributed by atoms with Crippen molar-refractivity contribution in [3.63, 3.8) is 0 Å². The van der Waals surface area contributed by atoms with Crippen molar-refractivity contribution in [2.75, 3.05) is 5.32 Å². The molecule has 3 rings (SSSR count). The van der Waals surface area contributed by atoms with E-state index >= 15 is 0 Å². The zero-order chi connectivity index (χ0) is 17.6. The van der Waals surface area contributed by atoms with Crippen LogP contribution in [-0.4, -0.2) is 15.7 Å². The Balaban J connectivity index is 1.57. The zero-order valence-electron chi connectivity index (χ0n) is 13.1. The molecule has 2 heterocycles. The Kier molecular flexibility index (Phi) is 5.06. The molecule has 0 aliphatic heterocycles. The van der Waals surface area contributed by atoms with Crippen LogP contribution in [0, 0.1) is 11.3 Å². The predicted molar refractivity (Wildman–Crippen MR) is 93.1 cm³/mol. The van der Waals surface area contributed by atoms with Crippen LogP contribution in [0.15, 0.2) is 51.0 Å². The number of nitrogens with zero attached hydrogens (tertiary/aromatic N) is 3. The molecule has 0 fully saturated rings. The van der Waals surface area contributed by atoms with E-state index in [1.165, 1.54) is 11.3 Å². The maximum Gasteiger partial charge on any atom is 0.437 e. The number of hydrogen-bond donors (Lipinski definition) is 1. The van der Waals surface area contributed by atoms with Crippen molar-refractivity contribution in [2.24, 2.45) is 0 Å². The van der Waals surface area contributed by atoms with Crippen LogP contribution in [0.1, 0.15) is 12.0 Å². The van der Waals surface area contributed by atoms with Crippen molar-refractivity contribution in [2.45, 2.75) is 19.4 Å². The fourth-order valence-electron chi connectivity index (χ4n) is 2.18. The van der Waals surface area contributed by atoms with Crippen LogP contribution in [-0.2, 0) is 17.8 Å². The van der Waals surface area contributed by atoms with Gasteiger partial charge in [0.25, 0.3) is 5.89 Å². The molecule has 0 bridgehead atoms. The number of aromatic nitrogens is 2. The molecular weight excluding hydrogens is 340 g/mol. The highest BCUT2D eigenvalue weighted by Gasteiger charge is 2.12. The molecule has 1 N–H and O–H groups in total. The van der Waals surface area contributed by atoms with Crippen molar-refractivity contribution < 1.29 is 9.21 Å². The highest BCUT2D eigenvalue weighted by Crippen LogP contribution is 2.21. The third-order valence-corrected chi connectivity index (χ3v) is 4.27. The van der Waals surface area contributed by atoms with Crippen molar-refractivity contribution in [3.8, 4) is 16.8 Å². The van der Waals surface area contributed by atoms with Gasteiger partial charge in [-0.15, -0.1) is 16.4 Å². The Hall–Kier alpha value is -3.18. The van der Waals surface area contributed by atoms with Gasteiger partial charge in [-0.25, -0.2) is 4.79 Å². The summed E-state index contributed by atoms with van der Waals surface area (Å²) < 4.78 is 6.24. The number of aryl methyl sites for hydroxylation is 1. The molecule has 0 atom stereocenters. The first-order valence-corrected chi connectivity index (χ1v) is 8.41. The summed E-state index contributed by atoms with van der Waals surface area (Å²) in [5.41, 5.74) is 1.52. The number of anilines is 1. The second-order valence-electron chi connectivity index (χ2n) is 5.20. The molecule has 1 amide bonds. The average molecular weight is 354 g/mol. The summed E-state index contributed by atoms with van der Waals surface area (Å²) in [5, 5.41) is 17.3. The normalized spacial score (nSPS) is 10.4. The molecule has 25 heavy (non-hydrogen) atoms. The summed E-state index contributed by atoms with van der Waals surface area (Å²) in [6, 6.07) is 12.8. The van der Waals surface area contributed by atoms with Crippen LogP contribution in [0.5, 0.6) is 0 Å². The summed E-state index contributed by atoms with van der Waals surface area (Å²) in [7, 11) is 0. The minimum atomic E-state index is -0.586. The van der Waals surface area contributed by atoms with Gasteiger partial charge in [0, 0.05) is 12.1 Å².